The molecule has 1 atom stereocenters. The SMILES string of the molecule is CNC(c1ccccc1Cl)C1(OC)CCOCC1. The van der Waals surface area contributed by atoms with Crippen LogP contribution < -0.4 is 5.32 Å². The van der Waals surface area contributed by atoms with E-state index in [9.17, 15) is 0 Å². The zero-order valence-corrected chi connectivity index (χ0v) is 11.7. The summed E-state index contributed by atoms with van der Waals surface area (Å²) in [6, 6.07) is 8.01. The molecule has 1 aromatic rings. The van der Waals surface area contributed by atoms with Crippen molar-refractivity contribution in [3.05, 3.63) is 34.9 Å². The molecule has 0 saturated carbocycles. The van der Waals surface area contributed by atoms with Crippen molar-refractivity contribution >= 4 is 11.6 Å². The van der Waals surface area contributed by atoms with E-state index < -0.39 is 0 Å². The molecule has 1 N–H and O–H groups in total. The summed E-state index contributed by atoms with van der Waals surface area (Å²) in [4.78, 5) is 0. The van der Waals surface area contributed by atoms with Crippen LogP contribution in [-0.2, 0) is 9.47 Å². The quantitative estimate of drug-likeness (QED) is 0.912. The van der Waals surface area contributed by atoms with Gasteiger partial charge in [0.1, 0.15) is 0 Å². The Hall–Kier alpha value is -0.610. The summed E-state index contributed by atoms with van der Waals surface area (Å²) < 4.78 is 11.3. The first-order valence-corrected chi connectivity index (χ1v) is 6.66. The maximum absolute atomic E-state index is 6.31. The molecule has 2 rings (SSSR count). The fraction of sp³-hybridized carbons (Fsp3) is 0.571. The maximum atomic E-state index is 6.31. The van der Waals surface area contributed by atoms with Crippen LogP contribution in [0, 0.1) is 0 Å². The van der Waals surface area contributed by atoms with E-state index in [1.54, 1.807) is 7.11 Å². The van der Waals surface area contributed by atoms with E-state index in [4.69, 9.17) is 21.1 Å². The van der Waals surface area contributed by atoms with Crippen molar-refractivity contribution in [2.75, 3.05) is 27.4 Å². The van der Waals surface area contributed by atoms with Crippen LogP contribution in [0.5, 0.6) is 0 Å². The summed E-state index contributed by atoms with van der Waals surface area (Å²) in [5.41, 5.74) is 0.850. The normalized spacial score (nSPS) is 20.6. The summed E-state index contributed by atoms with van der Waals surface area (Å²) >= 11 is 6.31. The Morgan fingerprint density at radius 2 is 2.00 bits per heavy atom. The zero-order valence-electron chi connectivity index (χ0n) is 10.9. The number of hydrogen-bond donors (Lipinski definition) is 1. The van der Waals surface area contributed by atoms with Crippen molar-refractivity contribution in [3.8, 4) is 0 Å². The van der Waals surface area contributed by atoms with Crippen LogP contribution in [0.15, 0.2) is 24.3 Å². The van der Waals surface area contributed by atoms with Crippen molar-refractivity contribution in [1.29, 1.82) is 0 Å². The Morgan fingerprint density at radius 1 is 1.33 bits per heavy atom. The molecule has 4 heteroatoms. The lowest BCUT2D eigenvalue weighted by Gasteiger charge is -2.42. The molecule has 1 heterocycles. The van der Waals surface area contributed by atoms with Gasteiger partial charge in [-0.05, 0) is 18.7 Å². The summed E-state index contributed by atoms with van der Waals surface area (Å²) in [6.45, 7) is 1.47. The van der Waals surface area contributed by atoms with Gasteiger partial charge in [0.15, 0.2) is 0 Å². The molecule has 3 nitrogen and oxygen atoms in total. The van der Waals surface area contributed by atoms with Crippen LogP contribution in [0.2, 0.25) is 5.02 Å². The van der Waals surface area contributed by atoms with E-state index in [0.29, 0.717) is 0 Å². The summed E-state index contributed by atoms with van der Waals surface area (Å²) in [7, 11) is 3.72. The minimum absolute atomic E-state index is 0.0834. The van der Waals surface area contributed by atoms with E-state index in [-0.39, 0.29) is 11.6 Å². The number of halogens is 1. The number of methoxy groups -OCH3 is 1. The number of hydrogen-bond acceptors (Lipinski definition) is 3. The second kappa shape index (κ2) is 6.02. The fourth-order valence-corrected chi connectivity index (χ4v) is 2.98. The molecule has 1 aromatic carbocycles. The highest BCUT2D eigenvalue weighted by Crippen LogP contribution is 2.39. The molecule has 0 amide bonds. The van der Waals surface area contributed by atoms with Crippen molar-refractivity contribution in [2.24, 2.45) is 0 Å². The maximum Gasteiger partial charge on any atom is 0.0916 e. The van der Waals surface area contributed by atoms with Gasteiger partial charge in [-0.25, -0.2) is 0 Å². The first kappa shape index (κ1) is 13.8. The highest BCUT2D eigenvalue weighted by molar-refractivity contribution is 6.31. The molecule has 100 valence electrons. The van der Waals surface area contributed by atoms with Crippen molar-refractivity contribution < 1.29 is 9.47 Å². The van der Waals surface area contributed by atoms with Gasteiger partial charge in [-0.1, -0.05) is 29.8 Å². The van der Waals surface area contributed by atoms with Crippen molar-refractivity contribution in [3.63, 3.8) is 0 Å². The second-order valence-electron chi connectivity index (χ2n) is 4.62. The predicted octanol–water partition coefficient (Wildman–Crippen LogP) is 2.80. The van der Waals surface area contributed by atoms with Gasteiger partial charge in [0.2, 0.25) is 0 Å². The molecule has 0 aromatic heterocycles. The molecule has 1 fully saturated rings. The van der Waals surface area contributed by atoms with Crippen LogP contribution in [-0.4, -0.2) is 33.0 Å². The van der Waals surface area contributed by atoms with Crippen LogP contribution in [0.1, 0.15) is 24.4 Å². The third-order valence-electron chi connectivity index (χ3n) is 3.78. The van der Waals surface area contributed by atoms with Gasteiger partial charge in [-0.3, -0.25) is 0 Å². The highest BCUT2D eigenvalue weighted by atomic mass is 35.5. The molecule has 1 aliphatic rings. The van der Waals surface area contributed by atoms with E-state index in [0.717, 1.165) is 36.6 Å². The Morgan fingerprint density at radius 3 is 2.56 bits per heavy atom. The van der Waals surface area contributed by atoms with E-state index in [2.05, 4.69) is 11.4 Å². The number of benzene rings is 1. The monoisotopic (exact) mass is 269 g/mol. The lowest BCUT2D eigenvalue weighted by atomic mass is 9.82. The molecule has 1 unspecified atom stereocenters. The topological polar surface area (TPSA) is 30.5 Å². The van der Waals surface area contributed by atoms with Gasteiger partial charge >= 0.3 is 0 Å². The van der Waals surface area contributed by atoms with Crippen LogP contribution in [0.25, 0.3) is 0 Å². The summed E-state index contributed by atoms with van der Waals surface area (Å²) in [6.07, 6.45) is 1.75. The minimum Gasteiger partial charge on any atom is -0.381 e. The molecule has 1 saturated heterocycles. The fourth-order valence-electron chi connectivity index (χ4n) is 2.74. The standard InChI is InChI=1S/C14H20ClNO2/c1-16-13(11-5-3-4-6-12(11)15)14(17-2)7-9-18-10-8-14/h3-6,13,16H,7-10H2,1-2H3. The number of rotatable bonds is 4. The first-order valence-electron chi connectivity index (χ1n) is 6.28. The largest absolute Gasteiger partial charge is 0.381 e. The van der Waals surface area contributed by atoms with Crippen molar-refractivity contribution in [1.82, 2.24) is 5.32 Å². The molecule has 18 heavy (non-hydrogen) atoms. The average Bonchev–Trinajstić information content (AvgIpc) is 2.43. The van der Waals surface area contributed by atoms with Gasteiger partial charge in [0.05, 0.1) is 11.6 Å². The van der Waals surface area contributed by atoms with E-state index in [1.807, 2.05) is 25.2 Å². The lowest BCUT2D eigenvalue weighted by molar-refractivity contribution is -0.110. The summed E-state index contributed by atoms with van der Waals surface area (Å²) in [5.74, 6) is 0. The Balaban J connectivity index is 2.34. The van der Waals surface area contributed by atoms with Crippen molar-refractivity contribution in [2.45, 2.75) is 24.5 Å². The lowest BCUT2D eigenvalue weighted by Crippen LogP contribution is -2.48. The average molecular weight is 270 g/mol. The number of nitrogens with one attached hydrogen (secondary N) is 1. The molecule has 0 aliphatic carbocycles. The van der Waals surface area contributed by atoms with Gasteiger partial charge in [-0.2, -0.15) is 0 Å². The van der Waals surface area contributed by atoms with Crippen LogP contribution >= 0.6 is 11.6 Å². The highest BCUT2D eigenvalue weighted by Gasteiger charge is 2.41. The minimum atomic E-state index is -0.238. The molecular weight excluding hydrogens is 250 g/mol. The molecule has 0 bridgehead atoms. The van der Waals surface area contributed by atoms with Crippen LogP contribution in [0.4, 0.5) is 0 Å². The second-order valence-corrected chi connectivity index (χ2v) is 5.03. The number of ether oxygens (including phenoxy) is 2. The van der Waals surface area contributed by atoms with Gasteiger partial charge in [-0.15, -0.1) is 0 Å². The molecule has 1 aliphatic heterocycles. The summed E-state index contributed by atoms with van der Waals surface area (Å²) in [5, 5.41) is 4.13. The molecular formula is C14H20ClNO2. The third kappa shape index (κ3) is 2.54. The van der Waals surface area contributed by atoms with Crippen LogP contribution in [0.3, 0.4) is 0 Å². The first-order chi connectivity index (χ1) is 8.73. The third-order valence-corrected chi connectivity index (χ3v) is 4.12. The molecule has 0 radical (unpaired) electrons. The van der Waals surface area contributed by atoms with Gasteiger partial charge in [0, 0.05) is 38.2 Å². The Labute approximate surface area is 113 Å². The predicted molar refractivity (Wildman–Crippen MR) is 73.0 cm³/mol. The Bertz CT molecular complexity index is 391. The molecule has 0 spiro atoms. The Kier molecular flexibility index (Phi) is 4.62. The van der Waals surface area contributed by atoms with Gasteiger partial charge in [0.25, 0.3) is 0 Å². The van der Waals surface area contributed by atoms with E-state index >= 15 is 0 Å². The smallest absolute Gasteiger partial charge is 0.0916 e. The number of likely N-dealkylation sites (N-methyl/N-ethyl adjacent to an activating group) is 1. The van der Waals surface area contributed by atoms with Gasteiger partial charge < -0.3 is 14.8 Å². The van der Waals surface area contributed by atoms with E-state index in [1.165, 1.54) is 0 Å². The zero-order chi connectivity index (χ0) is 13.0.